The van der Waals surface area contributed by atoms with Crippen molar-refractivity contribution in [2.45, 2.75) is 18.3 Å². The minimum atomic E-state index is 0.0444. The molecule has 0 bridgehead atoms. The van der Waals surface area contributed by atoms with Crippen LogP contribution in [0.2, 0.25) is 0 Å². The number of carbonyl (C=O) groups excluding carboxylic acids is 1. The summed E-state index contributed by atoms with van der Waals surface area (Å²) in [5.74, 6) is 2.04. The Labute approximate surface area is 148 Å². The number of carbonyl (C=O) groups is 1. The molecule has 132 valence electrons. The number of rotatable bonds is 4. The fourth-order valence-electron chi connectivity index (χ4n) is 2.67. The molecule has 25 heavy (non-hydrogen) atoms. The number of benzene rings is 1. The highest BCUT2D eigenvalue weighted by atomic mass is 32.2. The zero-order valence-corrected chi connectivity index (χ0v) is 14.5. The van der Waals surface area contributed by atoms with E-state index in [4.69, 9.17) is 18.6 Å². The van der Waals surface area contributed by atoms with E-state index >= 15 is 0 Å². The van der Waals surface area contributed by atoms with Crippen molar-refractivity contribution in [3.8, 4) is 23.0 Å². The van der Waals surface area contributed by atoms with E-state index in [1.807, 2.05) is 13.0 Å². The molecule has 1 unspecified atom stereocenters. The number of hydrogen-bond acceptors (Lipinski definition) is 8. The van der Waals surface area contributed by atoms with Crippen molar-refractivity contribution in [2.75, 3.05) is 32.2 Å². The molecule has 0 spiro atoms. The first-order valence-corrected chi connectivity index (χ1v) is 8.93. The Hall–Kier alpha value is -2.26. The van der Waals surface area contributed by atoms with Crippen LogP contribution in [0.5, 0.6) is 11.5 Å². The molecule has 2 aliphatic rings. The zero-order valence-electron chi connectivity index (χ0n) is 13.6. The molecule has 9 heteroatoms. The summed E-state index contributed by atoms with van der Waals surface area (Å²) in [6, 6.07) is 5.43. The second kappa shape index (κ2) is 6.93. The summed E-state index contributed by atoms with van der Waals surface area (Å²) < 4.78 is 21.7. The minimum Gasteiger partial charge on any atom is -0.454 e. The van der Waals surface area contributed by atoms with Gasteiger partial charge in [-0.3, -0.25) is 4.79 Å². The van der Waals surface area contributed by atoms with Gasteiger partial charge in [0.2, 0.25) is 18.6 Å². The van der Waals surface area contributed by atoms with Crippen LogP contribution < -0.4 is 9.47 Å². The number of thioether (sulfide) groups is 1. The van der Waals surface area contributed by atoms with E-state index in [9.17, 15) is 4.79 Å². The average molecular weight is 363 g/mol. The van der Waals surface area contributed by atoms with Crippen molar-refractivity contribution in [1.29, 1.82) is 0 Å². The van der Waals surface area contributed by atoms with E-state index in [1.54, 1.807) is 17.0 Å². The second-order valence-electron chi connectivity index (χ2n) is 5.75. The average Bonchev–Trinajstić information content (AvgIpc) is 3.28. The fourth-order valence-corrected chi connectivity index (χ4v) is 3.34. The third kappa shape index (κ3) is 3.57. The number of hydrogen-bond donors (Lipinski definition) is 0. The van der Waals surface area contributed by atoms with Gasteiger partial charge in [0.25, 0.3) is 5.22 Å². The van der Waals surface area contributed by atoms with Gasteiger partial charge in [0.1, 0.15) is 0 Å². The maximum Gasteiger partial charge on any atom is 0.277 e. The molecule has 1 amide bonds. The standard InChI is InChI=1S/C16H17N3O5S/c1-10-7-19(4-5-21-10)14(20)8-25-16-18-17-15(24-16)11-2-3-12-13(6-11)23-9-22-12/h2-3,6,10H,4-5,7-9H2,1H3. The van der Waals surface area contributed by atoms with Crippen molar-refractivity contribution in [3.05, 3.63) is 18.2 Å². The smallest absolute Gasteiger partial charge is 0.277 e. The number of fused-ring (bicyclic) bond motifs is 1. The van der Waals surface area contributed by atoms with E-state index < -0.39 is 0 Å². The summed E-state index contributed by atoms with van der Waals surface area (Å²) in [6.45, 7) is 3.99. The predicted octanol–water partition coefficient (Wildman–Crippen LogP) is 1.80. The molecular formula is C16H17N3O5S. The molecule has 2 aromatic rings. The SMILES string of the molecule is CC1CN(C(=O)CSc2nnc(-c3ccc4c(c3)OCO4)o2)CCO1. The molecule has 0 saturated carbocycles. The molecule has 1 atom stereocenters. The van der Waals surface area contributed by atoms with E-state index in [2.05, 4.69) is 10.2 Å². The highest BCUT2D eigenvalue weighted by Gasteiger charge is 2.22. The normalized spacial score (nSPS) is 19.2. The Morgan fingerprint density at radius 1 is 1.32 bits per heavy atom. The van der Waals surface area contributed by atoms with Gasteiger partial charge in [-0.1, -0.05) is 11.8 Å². The Morgan fingerprint density at radius 3 is 3.08 bits per heavy atom. The highest BCUT2D eigenvalue weighted by Crippen LogP contribution is 2.36. The van der Waals surface area contributed by atoms with E-state index in [0.29, 0.717) is 42.3 Å². The third-order valence-corrected chi connectivity index (χ3v) is 4.74. The van der Waals surface area contributed by atoms with E-state index in [1.165, 1.54) is 11.8 Å². The van der Waals surface area contributed by atoms with Crippen LogP contribution in [0.1, 0.15) is 6.92 Å². The third-order valence-electron chi connectivity index (χ3n) is 3.94. The molecule has 1 aromatic heterocycles. The zero-order chi connectivity index (χ0) is 17.2. The summed E-state index contributed by atoms with van der Waals surface area (Å²) in [4.78, 5) is 14.1. The first kappa shape index (κ1) is 16.2. The first-order chi connectivity index (χ1) is 12.2. The number of morpholine rings is 1. The molecule has 3 heterocycles. The lowest BCUT2D eigenvalue weighted by Crippen LogP contribution is -2.45. The lowest BCUT2D eigenvalue weighted by atomic mass is 10.2. The van der Waals surface area contributed by atoms with E-state index in [0.717, 1.165) is 5.56 Å². The first-order valence-electron chi connectivity index (χ1n) is 7.95. The maximum atomic E-state index is 12.3. The van der Waals surface area contributed by atoms with Crippen LogP contribution in [0, 0.1) is 0 Å². The van der Waals surface area contributed by atoms with Crippen LogP contribution in [0.4, 0.5) is 0 Å². The van der Waals surface area contributed by atoms with Gasteiger partial charge in [-0.05, 0) is 25.1 Å². The van der Waals surface area contributed by atoms with Crippen LogP contribution in [0.3, 0.4) is 0 Å². The summed E-state index contributed by atoms with van der Waals surface area (Å²) in [5.41, 5.74) is 0.747. The quantitative estimate of drug-likeness (QED) is 0.760. The number of nitrogens with zero attached hydrogens (tertiary/aromatic N) is 3. The number of aromatic nitrogens is 2. The fraction of sp³-hybridized carbons (Fsp3) is 0.438. The van der Waals surface area contributed by atoms with Crippen LogP contribution >= 0.6 is 11.8 Å². The monoisotopic (exact) mass is 363 g/mol. The van der Waals surface area contributed by atoms with Crippen molar-refractivity contribution in [2.24, 2.45) is 0 Å². The maximum absolute atomic E-state index is 12.3. The van der Waals surface area contributed by atoms with Crippen LogP contribution in [-0.2, 0) is 9.53 Å². The van der Waals surface area contributed by atoms with Crippen LogP contribution in [0.15, 0.2) is 27.8 Å². The Kier molecular flexibility index (Phi) is 4.50. The highest BCUT2D eigenvalue weighted by molar-refractivity contribution is 7.99. The number of amides is 1. The van der Waals surface area contributed by atoms with Crippen molar-refractivity contribution in [3.63, 3.8) is 0 Å². The molecule has 1 aromatic carbocycles. The van der Waals surface area contributed by atoms with Crippen molar-refractivity contribution >= 4 is 17.7 Å². The summed E-state index contributed by atoms with van der Waals surface area (Å²) in [7, 11) is 0. The van der Waals surface area contributed by atoms with Crippen molar-refractivity contribution < 1.29 is 23.4 Å². The van der Waals surface area contributed by atoms with Gasteiger partial charge >= 0.3 is 0 Å². The van der Waals surface area contributed by atoms with Crippen LogP contribution in [0.25, 0.3) is 11.5 Å². The van der Waals surface area contributed by atoms with Gasteiger partial charge in [0, 0.05) is 18.7 Å². The van der Waals surface area contributed by atoms with Gasteiger partial charge in [0.15, 0.2) is 11.5 Å². The molecule has 0 radical (unpaired) electrons. The molecule has 0 N–H and O–H groups in total. The lowest BCUT2D eigenvalue weighted by Gasteiger charge is -2.30. The Balaban J connectivity index is 1.37. The van der Waals surface area contributed by atoms with E-state index in [-0.39, 0.29) is 24.6 Å². The second-order valence-corrected chi connectivity index (χ2v) is 6.68. The molecule has 8 nitrogen and oxygen atoms in total. The lowest BCUT2D eigenvalue weighted by molar-refractivity contribution is -0.135. The molecule has 1 fully saturated rings. The van der Waals surface area contributed by atoms with Gasteiger partial charge in [-0.25, -0.2) is 0 Å². The van der Waals surface area contributed by atoms with Crippen molar-refractivity contribution in [1.82, 2.24) is 15.1 Å². The number of ether oxygens (including phenoxy) is 3. The summed E-state index contributed by atoms with van der Waals surface area (Å²) in [6.07, 6.45) is 0.0729. The molecule has 4 rings (SSSR count). The van der Waals surface area contributed by atoms with Crippen LogP contribution in [-0.4, -0.2) is 59.4 Å². The molecular weight excluding hydrogens is 346 g/mol. The summed E-state index contributed by atoms with van der Waals surface area (Å²) >= 11 is 1.24. The molecule has 2 aliphatic heterocycles. The van der Waals surface area contributed by atoms with Gasteiger partial charge in [0.05, 0.1) is 18.5 Å². The molecule has 0 aliphatic carbocycles. The minimum absolute atomic E-state index is 0.0444. The summed E-state index contributed by atoms with van der Waals surface area (Å²) in [5, 5.41) is 8.40. The van der Waals surface area contributed by atoms with Gasteiger partial charge in [-0.15, -0.1) is 10.2 Å². The van der Waals surface area contributed by atoms with Gasteiger partial charge < -0.3 is 23.5 Å². The largest absolute Gasteiger partial charge is 0.454 e. The topological polar surface area (TPSA) is 86.9 Å². The predicted molar refractivity (Wildman–Crippen MR) is 88.6 cm³/mol. The van der Waals surface area contributed by atoms with Gasteiger partial charge in [-0.2, -0.15) is 0 Å². The Morgan fingerprint density at radius 2 is 2.20 bits per heavy atom. The molecule has 1 saturated heterocycles. The Bertz CT molecular complexity index is 781.